The second-order valence-corrected chi connectivity index (χ2v) is 19.9. The number of aryl methyl sites for hydroxylation is 2. The lowest BCUT2D eigenvalue weighted by molar-refractivity contribution is -0.0294. The van der Waals surface area contributed by atoms with E-state index in [1.54, 1.807) is 98.7 Å². The molecule has 0 fully saturated rings. The van der Waals surface area contributed by atoms with Crippen LogP contribution in [0.3, 0.4) is 0 Å². The Morgan fingerprint density at radius 1 is 0.542 bits per heavy atom. The van der Waals surface area contributed by atoms with Gasteiger partial charge in [-0.05, 0) is 130 Å². The highest BCUT2D eigenvalue weighted by atomic mass is 16.8. The van der Waals surface area contributed by atoms with Crippen molar-refractivity contribution >= 4 is 30.0 Å². The topological polar surface area (TPSA) is 196 Å². The number of nitrogens with one attached hydrogen (secondary N) is 1. The monoisotopic (exact) mass is 1000 g/mol. The summed E-state index contributed by atoms with van der Waals surface area (Å²) in [6.07, 6.45) is -0.168. The van der Waals surface area contributed by atoms with E-state index in [1.165, 1.54) is 4.90 Å². The van der Waals surface area contributed by atoms with Crippen molar-refractivity contribution in [1.82, 2.24) is 10.2 Å². The van der Waals surface area contributed by atoms with Crippen LogP contribution in [0.25, 0.3) is 0 Å². The van der Waals surface area contributed by atoms with E-state index in [2.05, 4.69) is 17.0 Å². The fourth-order valence-electron chi connectivity index (χ4n) is 6.37. The minimum atomic E-state index is -1.06. The summed E-state index contributed by atoms with van der Waals surface area (Å²) in [7, 11) is 0. The molecule has 15 nitrogen and oxygen atoms in total. The summed E-state index contributed by atoms with van der Waals surface area (Å²) in [5.74, 6) is 1.01. The number of para-hydroxylation sites is 2. The number of carbonyl (C=O) groups excluding carboxylic acids is 5. The quantitative estimate of drug-likeness (QED) is 0.0221. The molecule has 1 amide bonds. The van der Waals surface area contributed by atoms with Gasteiger partial charge < -0.3 is 48.9 Å². The maximum absolute atomic E-state index is 12.8. The standard InChI is InChI=1S/C26H35NO5.C21H27NO3.C10H18O5/c1-5-17-27(25(30)32-26(2,3)4)18-21(28)19-31-24-14-10-9-13-22(24)23(29)16-15-20-11-7-6-8-12-20;1-2-14-22-15-18(23)16-25-21-11-7-6-10-19(21)20(24)13-12-17-8-4-3-5-9-17;1-9(2,3)14-7(11)13-8(12)15-10(4,5)6/h6-14,21,28H,5,15-19H2,1-4H3;3-11,18,22-23H,2,12-16H2,1H3;1-6H3. The third-order valence-corrected chi connectivity index (χ3v) is 9.53. The largest absolute Gasteiger partial charge is 0.519 e. The summed E-state index contributed by atoms with van der Waals surface area (Å²) >= 11 is 0. The third-order valence-electron chi connectivity index (χ3n) is 9.53. The van der Waals surface area contributed by atoms with Crippen molar-refractivity contribution in [1.29, 1.82) is 0 Å². The minimum Gasteiger partial charge on any atom is -0.490 e. The van der Waals surface area contributed by atoms with Gasteiger partial charge in [-0.25, -0.2) is 14.4 Å². The molecule has 2 unspecified atom stereocenters. The van der Waals surface area contributed by atoms with E-state index in [0.29, 0.717) is 61.4 Å². The van der Waals surface area contributed by atoms with Gasteiger partial charge >= 0.3 is 18.4 Å². The molecule has 0 aliphatic carbocycles. The average molecular weight is 1000 g/mol. The van der Waals surface area contributed by atoms with Crippen LogP contribution in [0, 0.1) is 0 Å². The van der Waals surface area contributed by atoms with Crippen LogP contribution in [-0.4, -0.2) is 113 Å². The van der Waals surface area contributed by atoms with Gasteiger partial charge in [0.1, 0.15) is 53.7 Å². The van der Waals surface area contributed by atoms with E-state index in [-0.39, 0.29) is 31.3 Å². The number of rotatable bonds is 22. The van der Waals surface area contributed by atoms with Crippen LogP contribution in [0.4, 0.5) is 14.4 Å². The Balaban J connectivity index is 0.000000395. The molecule has 2 atom stereocenters. The SMILES string of the molecule is CC(C)(C)OC(=O)OC(=O)OC(C)(C)C.CCCN(CC(O)COc1ccccc1C(=O)CCc1ccccc1)C(=O)OC(C)(C)C.CCCNCC(O)COc1ccccc1C(=O)CCc1ccccc1. The maximum atomic E-state index is 12.8. The average Bonchev–Trinajstić information content (AvgIpc) is 3.30. The molecule has 0 saturated carbocycles. The van der Waals surface area contributed by atoms with Crippen molar-refractivity contribution in [3.8, 4) is 11.5 Å². The van der Waals surface area contributed by atoms with E-state index >= 15 is 0 Å². The lowest BCUT2D eigenvalue weighted by Gasteiger charge is -2.28. The van der Waals surface area contributed by atoms with Crippen LogP contribution in [-0.2, 0) is 31.8 Å². The van der Waals surface area contributed by atoms with Gasteiger partial charge in [0.15, 0.2) is 11.6 Å². The first kappa shape index (κ1) is 61.8. The molecule has 4 aromatic rings. The number of carbonyl (C=O) groups is 5. The number of hydrogen-bond acceptors (Lipinski definition) is 14. The van der Waals surface area contributed by atoms with Gasteiger partial charge in [-0.15, -0.1) is 0 Å². The first-order valence-electron chi connectivity index (χ1n) is 24.7. The predicted molar refractivity (Wildman–Crippen MR) is 279 cm³/mol. The number of aliphatic hydroxyl groups excluding tert-OH is 2. The van der Waals surface area contributed by atoms with E-state index in [9.17, 15) is 34.2 Å². The van der Waals surface area contributed by atoms with Gasteiger partial charge in [-0.1, -0.05) is 98.8 Å². The van der Waals surface area contributed by atoms with Crippen LogP contribution in [0.5, 0.6) is 11.5 Å². The Morgan fingerprint density at radius 3 is 1.35 bits per heavy atom. The van der Waals surface area contributed by atoms with Crippen molar-refractivity contribution in [3.63, 3.8) is 0 Å². The summed E-state index contributed by atoms with van der Waals surface area (Å²) in [5, 5.41) is 23.6. The van der Waals surface area contributed by atoms with Crippen LogP contribution in [0.2, 0.25) is 0 Å². The van der Waals surface area contributed by atoms with E-state index in [0.717, 1.165) is 30.5 Å². The van der Waals surface area contributed by atoms with Gasteiger partial charge in [-0.3, -0.25) is 9.59 Å². The molecule has 4 rings (SSSR count). The number of Topliss-reactive ketones (excluding diaryl/α,β-unsaturated/α-hetero) is 2. The molecular formula is C57H80N2O13. The molecule has 0 heterocycles. The van der Waals surface area contributed by atoms with Crippen LogP contribution in [0.15, 0.2) is 109 Å². The van der Waals surface area contributed by atoms with Gasteiger partial charge in [-0.2, -0.15) is 0 Å². The van der Waals surface area contributed by atoms with Gasteiger partial charge in [0.25, 0.3) is 0 Å². The Morgan fingerprint density at radius 2 is 0.944 bits per heavy atom. The Kier molecular flexibility index (Phi) is 27.4. The molecule has 0 saturated heterocycles. The van der Waals surface area contributed by atoms with E-state index in [4.69, 9.17) is 23.7 Å². The molecule has 3 N–H and O–H groups in total. The molecule has 0 spiro atoms. The minimum absolute atomic E-state index is 0.0136. The number of ether oxygens (including phenoxy) is 6. The number of aliphatic hydroxyl groups is 2. The predicted octanol–water partition coefficient (Wildman–Crippen LogP) is 11.0. The van der Waals surface area contributed by atoms with Gasteiger partial charge in [0.05, 0.1) is 17.7 Å². The molecule has 15 heteroatoms. The lowest BCUT2D eigenvalue weighted by Crippen LogP contribution is -2.43. The molecule has 0 bridgehead atoms. The van der Waals surface area contributed by atoms with Crippen molar-refractivity contribution in [2.24, 2.45) is 0 Å². The molecule has 396 valence electrons. The highest BCUT2D eigenvalue weighted by Gasteiger charge is 2.26. The molecular weight excluding hydrogens is 921 g/mol. The van der Waals surface area contributed by atoms with Gasteiger partial charge in [0.2, 0.25) is 0 Å². The molecule has 72 heavy (non-hydrogen) atoms. The van der Waals surface area contributed by atoms with Crippen molar-refractivity contribution in [2.75, 3.05) is 39.4 Å². The maximum Gasteiger partial charge on any atom is 0.519 e. The van der Waals surface area contributed by atoms with Crippen LogP contribution < -0.4 is 14.8 Å². The normalized spacial score (nSPS) is 12.0. The van der Waals surface area contributed by atoms with E-state index in [1.807, 2.05) is 79.7 Å². The lowest BCUT2D eigenvalue weighted by atomic mass is 10.0. The van der Waals surface area contributed by atoms with Crippen molar-refractivity contribution in [2.45, 2.75) is 144 Å². The highest BCUT2D eigenvalue weighted by Crippen LogP contribution is 2.23. The molecule has 0 aliphatic rings. The number of ketones is 2. The molecule has 0 radical (unpaired) electrons. The second kappa shape index (κ2) is 31.9. The number of nitrogens with zero attached hydrogens (tertiary/aromatic N) is 1. The summed E-state index contributed by atoms with van der Waals surface area (Å²) in [6.45, 7) is 21.5. The Hall–Kier alpha value is -6.29. The zero-order valence-corrected chi connectivity index (χ0v) is 44.4. The van der Waals surface area contributed by atoms with Crippen molar-refractivity contribution in [3.05, 3.63) is 131 Å². The summed E-state index contributed by atoms with van der Waals surface area (Å²) in [5.41, 5.74) is 1.32. The Labute approximate surface area is 427 Å². The smallest absolute Gasteiger partial charge is 0.490 e. The molecule has 0 aromatic heterocycles. The van der Waals surface area contributed by atoms with Crippen LogP contribution in [0.1, 0.15) is 134 Å². The molecule has 0 aliphatic heterocycles. The molecule has 4 aromatic carbocycles. The highest BCUT2D eigenvalue weighted by molar-refractivity contribution is 5.99. The second-order valence-electron chi connectivity index (χ2n) is 19.9. The zero-order chi connectivity index (χ0) is 53.7. The van der Waals surface area contributed by atoms with Crippen molar-refractivity contribution < 1.29 is 62.6 Å². The summed E-state index contributed by atoms with van der Waals surface area (Å²) in [4.78, 5) is 61.2. The summed E-state index contributed by atoms with van der Waals surface area (Å²) in [6, 6.07) is 34.1. The summed E-state index contributed by atoms with van der Waals surface area (Å²) < 4.78 is 30.7. The fraction of sp³-hybridized carbons (Fsp3) is 0.491. The fourth-order valence-corrected chi connectivity index (χ4v) is 6.37. The first-order valence-corrected chi connectivity index (χ1v) is 24.7. The first-order chi connectivity index (χ1) is 33.9. The number of benzene rings is 4. The zero-order valence-electron chi connectivity index (χ0n) is 44.4. The Bertz CT molecular complexity index is 2190. The third kappa shape index (κ3) is 27.9. The number of amides is 1. The van der Waals surface area contributed by atoms with E-state index < -0.39 is 47.4 Å². The van der Waals surface area contributed by atoms with Crippen LogP contribution >= 0.6 is 0 Å². The number of hydrogen-bond donors (Lipinski definition) is 3. The van der Waals surface area contributed by atoms with Gasteiger partial charge in [0, 0.05) is 25.9 Å².